The van der Waals surface area contributed by atoms with E-state index in [2.05, 4.69) is 0 Å². The first-order valence-electron chi connectivity index (χ1n) is 7.27. The van der Waals surface area contributed by atoms with Gasteiger partial charge in [-0.2, -0.15) is 0 Å². The molecule has 2 heterocycles. The van der Waals surface area contributed by atoms with Gasteiger partial charge in [0.1, 0.15) is 11.4 Å². The summed E-state index contributed by atoms with van der Waals surface area (Å²) in [6.07, 6.45) is 2.78. The van der Waals surface area contributed by atoms with Gasteiger partial charge < -0.3 is 14.7 Å². The Labute approximate surface area is 123 Å². The van der Waals surface area contributed by atoms with Crippen molar-refractivity contribution in [3.05, 3.63) is 29.3 Å². The van der Waals surface area contributed by atoms with Crippen LogP contribution < -0.4 is 4.74 Å². The fraction of sp³-hybridized carbons (Fsp3) is 0.500. The van der Waals surface area contributed by atoms with Gasteiger partial charge in [0.25, 0.3) is 5.91 Å². The van der Waals surface area contributed by atoms with E-state index in [1.54, 1.807) is 30.0 Å². The number of carbonyl (C=O) groups is 2. The number of aliphatic hydroxyl groups is 1. The molecule has 1 N–H and O–H groups in total. The standard InChI is InChI=1S/C16H19NO4/c1-10(18)21-11-6-7-13-12(9-11)15(19)17-8-4-3-5-14(17)16(13,2)20/h6-7,9,14,20H,3-5,8H2,1-2H3. The average Bonchev–Trinajstić information content (AvgIpc) is 2.44. The minimum atomic E-state index is -1.07. The lowest BCUT2D eigenvalue weighted by Crippen LogP contribution is -2.58. The molecular formula is C16H19NO4. The molecule has 3 rings (SSSR count). The number of esters is 1. The Morgan fingerprint density at radius 2 is 2.19 bits per heavy atom. The molecule has 1 amide bonds. The summed E-state index contributed by atoms with van der Waals surface area (Å²) in [5.74, 6) is -0.183. The summed E-state index contributed by atoms with van der Waals surface area (Å²) in [6, 6.07) is 4.70. The number of piperidine rings is 1. The van der Waals surface area contributed by atoms with Crippen molar-refractivity contribution in [2.24, 2.45) is 0 Å². The molecule has 0 bridgehead atoms. The van der Waals surface area contributed by atoms with Gasteiger partial charge in [-0.1, -0.05) is 6.07 Å². The first kappa shape index (κ1) is 14.1. The first-order valence-corrected chi connectivity index (χ1v) is 7.27. The van der Waals surface area contributed by atoms with Crippen molar-refractivity contribution < 1.29 is 19.4 Å². The number of hydrogen-bond donors (Lipinski definition) is 1. The van der Waals surface area contributed by atoms with Crippen molar-refractivity contribution in [3.63, 3.8) is 0 Å². The summed E-state index contributed by atoms with van der Waals surface area (Å²) < 4.78 is 5.04. The lowest BCUT2D eigenvalue weighted by molar-refractivity contribution is -0.131. The van der Waals surface area contributed by atoms with Crippen molar-refractivity contribution in [2.45, 2.75) is 44.8 Å². The monoisotopic (exact) mass is 289 g/mol. The second-order valence-corrected chi connectivity index (χ2v) is 5.96. The van der Waals surface area contributed by atoms with Crippen molar-refractivity contribution >= 4 is 11.9 Å². The molecule has 1 aromatic carbocycles. The highest BCUT2D eigenvalue weighted by molar-refractivity contribution is 5.98. The fourth-order valence-corrected chi connectivity index (χ4v) is 3.46. The van der Waals surface area contributed by atoms with Gasteiger partial charge in [0.2, 0.25) is 0 Å². The Hall–Kier alpha value is -1.88. The van der Waals surface area contributed by atoms with E-state index < -0.39 is 11.6 Å². The highest BCUT2D eigenvalue weighted by Crippen LogP contribution is 2.41. The topological polar surface area (TPSA) is 66.8 Å². The Morgan fingerprint density at radius 1 is 1.43 bits per heavy atom. The Kier molecular flexibility index (Phi) is 3.24. The molecule has 0 aromatic heterocycles. The quantitative estimate of drug-likeness (QED) is 0.632. The summed E-state index contributed by atoms with van der Waals surface area (Å²) in [5.41, 5.74) is -0.0262. The molecule has 0 radical (unpaired) electrons. The molecule has 2 aliphatic heterocycles. The minimum Gasteiger partial charge on any atom is -0.427 e. The van der Waals surface area contributed by atoms with Crippen LogP contribution in [-0.2, 0) is 10.4 Å². The van der Waals surface area contributed by atoms with Crippen LogP contribution in [0.3, 0.4) is 0 Å². The number of rotatable bonds is 1. The number of amides is 1. The van der Waals surface area contributed by atoms with Crippen LogP contribution >= 0.6 is 0 Å². The fourth-order valence-electron chi connectivity index (χ4n) is 3.46. The summed E-state index contributed by atoms with van der Waals surface area (Å²) in [7, 11) is 0. The van der Waals surface area contributed by atoms with E-state index in [9.17, 15) is 14.7 Å². The largest absolute Gasteiger partial charge is 0.427 e. The number of nitrogens with zero attached hydrogens (tertiary/aromatic N) is 1. The highest BCUT2D eigenvalue weighted by atomic mass is 16.5. The van der Waals surface area contributed by atoms with E-state index in [1.807, 2.05) is 0 Å². The number of fused-ring (bicyclic) bond motifs is 2. The van der Waals surface area contributed by atoms with E-state index in [1.165, 1.54) is 6.92 Å². The van der Waals surface area contributed by atoms with Crippen molar-refractivity contribution in [1.82, 2.24) is 4.90 Å². The molecule has 2 unspecified atom stereocenters. The van der Waals surface area contributed by atoms with Crippen molar-refractivity contribution in [2.75, 3.05) is 6.54 Å². The molecule has 2 atom stereocenters. The second kappa shape index (κ2) is 4.84. The molecule has 5 heteroatoms. The second-order valence-electron chi connectivity index (χ2n) is 5.96. The van der Waals surface area contributed by atoms with E-state index in [0.717, 1.165) is 19.3 Å². The van der Waals surface area contributed by atoms with Gasteiger partial charge in [-0.15, -0.1) is 0 Å². The first-order chi connectivity index (χ1) is 9.91. The lowest BCUT2D eigenvalue weighted by Gasteiger charge is -2.48. The van der Waals surface area contributed by atoms with E-state index >= 15 is 0 Å². The third-order valence-electron chi connectivity index (χ3n) is 4.44. The highest BCUT2D eigenvalue weighted by Gasteiger charge is 2.47. The molecule has 1 aromatic rings. The molecule has 0 saturated carbocycles. The molecule has 5 nitrogen and oxygen atoms in total. The average molecular weight is 289 g/mol. The van der Waals surface area contributed by atoms with Gasteiger partial charge in [0.05, 0.1) is 6.04 Å². The van der Waals surface area contributed by atoms with Crippen LogP contribution in [0.1, 0.15) is 49.0 Å². The zero-order valence-electron chi connectivity index (χ0n) is 12.3. The van der Waals surface area contributed by atoms with Gasteiger partial charge >= 0.3 is 5.97 Å². The number of carbonyl (C=O) groups excluding carboxylic acids is 2. The summed E-state index contributed by atoms with van der Waals surface area (Å²) in [5, 5.41) is 10.9. The smallest absolute Gasteiger partial charge is 0.308 e. The number of ether oxygens (including phenoxy) is 1. The number of hydrogen-bond acceptors (Lipinski definition) is 4. The maximum absolute atomic E-state index is 12.7. The summed E-state index contributed by atoms with van der Waals surface area (Å²) in [6.45, 7) is 3.74. The van der Waals surface area contributed by atoms with Gasteiger partial charge in [0.15, 0.2) is 0 Å². The van der Waals surface area contributed by atoms with Crippen LogP contribution in [0.25, 0.3) is 0 Å². The molecule has 21 heavy (non-hydrogen) atoms. The summed E-state index contributed by atoms with van der Waals surface area (Å²) >= 11 is 0. The molecular weight excluding hydrogens is 270 g/mol. The predicted octanol–water partition coefficient (Wildman–Crippen LogP) is 1.83. The van der Waals surface area contributed by atoms with Gasteiger partial charge in [0, 0.05) is 19.0 Å². The zero-order chi connectivity index (χ0) is 15.2. The van der Waals surface area contributed by atoms with Gasteiger partial charge in [-0.3, -0.25) is 9.59 Å². The summed E-state index contributed by atoms with van der Waals surface area (Å²) in [4.78, 5) is 25.5. The molecule has 2 aliphatic rings. The zero-order valence-corrected chi connectivity index (χ0v) is 12.3. The maximum Gasteiger partial charge on any atom is 0.308 e. The molecule has 1 saturated heterocycles. The van der Waals surface area contributed by atoms with E-state index in [4.69, 9.17) is 4.74 Å². The normalized spacial score (nSPS) is 27.9. The van der Waals surface area contributed by atoms with Crippen molar-refractivity contribution in [1.29, 1.82) is 0 Å². The molecule has 0 spiro atoms. The van der Waals surface area contributed by atoms with Crippen LogP contribution in [0.5, 0.6) is 5.75 Å². The van der Waals surface area contributed by atoms with E-state index in [0.29, 0.717) is 23.4 Å². The lowest BCUT2D eigenvalue weighted by atomic mass is 9.76. The predicted molar refractivity (Wildman–Crippen MR) is 76.0 cm³/mol. The van der Waals surface area contributed by atoms with Crippen LogP contribution in [0.15, 0.2) is 18.2 Å². The third kappa shape index (κ3) is 2.21. The Morgan fingerprint density at radius 3 is 2.90 bits per heavy atom. The Bertz CT molecular complexity index is 608. The third-order valence-corrected chi connectivity index (χ3v) is 4.44. The molecule has 1 fully saturated rings. The van der Waals surface area contributed by atoms with Crippen LogP contribution in [-0.4, -0.2) is 34.5 Å². The van der Waals surface area contributed by atoms with Gasteiger partial charge in [-0.05, 0) is 43.9 Å². The van der Waals surface area contributed by atoms with Crippen LogP contribution in [0.2, 0.25) is 0 Å². The van der Waals surface area contributed by atoms with Crippen LogP contribution in [0.4, 0.5) is 0 Å². The maximum atomic E-state index is 12.7. The Balaban J connectivity index is 2.08. The van der Waals surface area contributed by atoms with Gasteiger partial charge in [-0.25, -0.2) is 0 Å². The van der Waals surface area contributed by atoms with Crippen molar-refractivity contribution in [3.8, 4) is 5.75 Å². The minimum absolute atomic E-state index is 0.0878. The van der Waals surface area contributed by atoms with Crippen LogP contribution in [0, 0.1) is 0 Å². The molecule has 112 valence electrons. The van der Waals surface area contributed by atoms with E-state index in [-0.39, 0.29) is 11.9 Å². The SMILES string of the molecule is CC(=O)Oc1ccc2c(c1)C(=O)N1CCCCC1C2(C)O. The molecule has 0 aliphatic carbocycles. The number of benzene rings is 1.